The number of aryl methyl sites for hydroxylation is 2. The molecule has 4 saturated carbocycles. The third-order valence-corrected chi connectivity index (χ3v) is 7.85. The van der Waals surface area contributed by atoms with E-state index in [0.29, 0.717) is 22.8 Å². The second kappa shape index (κ2) is 5.53. The highest BCUT2D eigenvalue weighted by atomic mass is 16.3. The van der Waals surface area contributed by atoms with Crippen LogP contribution in [-0.2, 0) is 5.41 Å². The number of rotatable bonds is 2. The van der Waals surface area contributed by atoms with Crippen LogP contribution in [0.1, 0.15) is 67.2 Å². The first-order chi connectivity index (χ1) is 12.8. The summed E-state index contributed by atoms with van der Waals surface area (Å²) in [5.74, 6) is 2.50. The van der Waals surface area contributed by atoms with Crippen LogP contribution >= 0.6 is 0 Å². The predicted octanol–water partition coefficient (Wildman–Crippen LogP) is 5.97. The van der Waals surface area contributed by atoms with Gasteiger partial charge in [0.1, 0.15) is 11.5 Å². The van der Waals surface area contributed by atoms with E-state index in [-0.39, 0.29) is 11.3 Å². The van der Waals surface area contributed by atoms with Crippen molar-refractivity contribution in [2.45, 2.75) is 64.2 Å². The highest BCUT2D eigenvalue weighted by Gasteiger charge is 2.62. The molecule has 6 rings (SSSR count). The van der Waals surface area contributed by atoms with E-state index in [9.17, 15) is 10.2 Å². The van der Waals surface area contributed by atoms with Crippen molar-refractivity contribution in [3.63, 3.8) is 0 Å². The summed E-state index contributed by atoms with van der Waals surface area (Å²) in [6.45, 7) is 6.52. The summed E-state index contributed by atoms with van der Waals surface area (Å²) in [6.07, 6.45) is 6.08. The van der Waals surface area contributed by atoms with Crippen LogP contribution in [0.3, 0.4) is 0 Å². The summed E-state index contributed by atoms with van der Waals surface area (Å²) in [5, 5.41) is 21.8. The lowest BCUT2D eigenvalue weighted by Gasteiger charge is -2.65. The minimum absolute atomic E-state index is 0.0661. The minimum Gasteiger partial charge on any atom is -0.508 e. The molecule has 0 heterocycles. The molecular formula is C25H30O2. The second-order valence-corrected chi connectivity index (χ2v) is 10.2. The summed E-state index contributed by atoms with van der Waals surface area (Å²) in [6, 6.07) is 12.4. The lowest BCUT2D eigenvalue weighted by molar-refractivity contribution is -0.0809. The topological polar surface area (TPSA) is 40.5 Å². The van der Waals surface area contributed by atoms with Gasteiger partial charge in [0, 0.05) is 16.9 Å². The maximum Gasteiger partial charge on any atom is 0.119 e. The van der Waals surface area contributed by atoms with Crippen molar-refractivity contribution in [2.75, 3.05) is 0 Å². The molecule has 2 aromatic carbocycles. The fourth-order valence-corrected chi connectivity index (χ4v) is 7.50. The zero-order valence-corrected chi connectivity index (χ0v) is 16.6. The zero-order valence-electron chi connectivity index (χ0n) is 16.6. The first kappa shape index (κ1) is 17.2. The first-order valence-corrected chi connectivity index (χ1v) is 10.4. The summed E-state index contributed by atoms with van der Waals surface area (Å²) in [5.41, 5.74) is 4.69. The van der Waals surface area contributed by atoms with Crippen molar-refractivity contribution in [2.24, 2.45) is 17.3 Å². The fraction of sp³-hybridized carbons (Fsp3) is 0.520. The van der Waals surface area contributed by atoms with Gasteiger partial charge < -0.3 is 10.2 Å². The average molecular weight is 363 g/mol. The normalized spacial score (nSPS) is 36.9. The Labute approximate surface area is 162 Å². The zero-order chi connectivity index (χ0) is 19.0. The summed E-state index contributed by atoms with van der Waals surface area (Å²) >= 11 is 0. The molecule has 2 N–H and O–H groups in total. The smallest absolute Gasteiger partial charge is 0.119 e. The minimum atomic E-state index is -0.0661. The number of phenolic OH excluding ortho intramolecular Hbond substituents is 2. The van der Waals surface area contributed by atoms with Gasteiger partial charge in [0.25, 0.3) is 0 Å². The van der Waals surface area contributed by atoms with Crippen LogP contribution in [0.4, 0.5) is 0 Å². The SMILES string of the molecule is Cc1ccc(C2C3CC4CC(C)(C3)CC2(c2ccc(C)cc2O)C4)c(O)c1. The van der Waals surface area contributed by atoms with Gasteiger partial charge in [-0.2, -0.15) is 0 Å². The molecule has 0 spiro atoms. The molecule has 2 nitrogen and oxygen atoms in total. The molecule has 4 aliphatic rings. The van der Waals surface area contributed by atoms with E-state index in [4.69, 9.17) is 0 Å². The molecule has 2 aromatic rings. The molecule has 27 heavy (non-hydrogen) atoms. The van der Waals surface area contributed by atoms with E-state index in [0.717, 1.165) is 41.0 Å². The van der Waals surface area contributed by atoms with Crippen LogP contribution < -0.4 is 0 Å². The molecule has 4 bridgehead atoms. The lowest BCUT2D eigenvalue weighted by atomic mass is 9.38. The Hall–Kier alpha value is -1.96. The third kappa shape index (κ3) is 2.45. The molecule has 0 aliphatic heterocycles. The van der Waals surface area contributed by atoms with Gasteiger partial charge in [-0.3, -0.25) is 0 Å². The van der Waals surface area contributed by atoms with E-state index in [1.807, 2.05) is 26.0 Å². The highest BCUT2D eigenvalue weighted by molar-refractivity contribution is 5.50. The van der Waals surface area contributed by atoms with E-state index in [2.05, 4.69) is 31.2 Å². The van der Waals surface area contributed by atoms with Crippen molar-refractivity contribution in [3.05, 3.63) is 58.7 Å². The van der Waals surface area contributed by atoms with Crippen LogP contribution in [-0.4, -0.2) is 10.2 Å². The molecule has 5 unspecified atom stereocenters. The third-order valence-electron chi connectivity index (χ3n) is 7.85. The van der Waals surface area contributed by atoms with Gasteiger partial charge in [0.2, 0.25) is 0 Å². The second-order valence-electron chi connectivity index (χ2n) is 10.2. The number of aromatic hydroxyl groups is 2. The maximum absolute atomic E-state index is 11.0. The van der Waals surface area contributed by atoms with E-state index < -0.39 is 0 Å². The molecule has 0 radical (unpaired) electrons. The Bertz CT molecular complexity index is 917. The van der Waals surface area contributed by atoms with Crippen LogP contribution in [0.5, 0.6) is 11.5 Å². The van der Waals surface area contributed by atoms with Crippen LogP contribution in [0.25, 0.3) is 0 Å². The van der Waals surface area contributed by atoms with Gasteiger partial charge in [0.05, 0.1) is 0 Å². The lowest BCUT2D eigenvalue weighted by Crippen LogP contribution is -2.57. The highest BCUT2D eigenvalue weighted by Crippen LogP contribution is 2.71. The molecule has 4 aliphatic carbocycles. The summed E-state index contributed by atoms with van der Waals surface area (Å²) in [4.78, 5) is 0. The van der Waals surface area contributed by atoms with Crippen LogP contribution in [0.15, 0.2) is 36.4 Å². The monoisotopic (exact) mass is 362 g/mol. The maximum atomic E-state index is 11.0. The first-order valence-electron chi connectivity index (χ1n) is 10.4. The summed E-state index contributed by atoms with van der Waals surface area (Å²) in [7, 11) is 0. The van der Waals surface area contributed by atoms with Gasteiger partial charge in [-0.25, -0.2) is 0 Å². The van der Waals surface area contributed by atoms with Gasteiger partial charge in [-0.1, -0.05) is 31.2 Å². The number of phenols is 2. The molecule has 4 fully saturated rings. The quantitative estimate of drug-likeness (QED) is 0.691. The Kier molecular flexibility index (Phi) is 3.51. The Morgan fingerprint density at radius 3 is 2.26 bits per heavy atom. The van der Waals surface area contributed by atoms with Gasteiger partial charge in [-0.05, 0) is 92.0 Å². The standard InChI is InChI=1S/C25H30O2/c1-15-4-6-19(21(26)8-15)23-18-10-17-11-24(3,13-18)14-25(23,12-17)20-7-5-16(2)9-22(20)27/h4-9,17-18,23,26-27H,10-14H2,1-3H3. The van der Waals surface area contributed by atoms with Crippen molar-refractivity contribution in [1.82, 2.24) is 0 Å². The van der Waals surface area contributed by atoms with Crippen LogP contribution in [0, 0.1) is 31.1 Å². The number of hydrogen-bond donors (Lipinski definition) is 2. The molecule has 5 atom stereocenters. The molecule has 142 valence electrons. The average Bonchev–Trinajstić information content (AvgIpc) is 2.54. The van der Waals surface area contributed by atoms with E-state index >= 15 is 0 Å². The van der Waals surface area contributed by atoms with Gasteiger partial charge in [-0.15, -0.1) is 0 Å². The Morgan fingerprint density at radius 2 is 1.59 bits per heavy atom. The molecule has 0 aromatic heterocycles. The molecule has 2 heteroatoms. The van der Waals surface area contributed by atoms with E-state index in [1.165, 1.54) is 19.3 Å². The van der Waals surface area contributed by atoms with Crippen molar-refractivity contribution in [3.8, 4) is 11.5 Å². The molecular weight excluding hydrogens is 332 g/mol. The molecule has 0 amide bonds. The Balaban J connectivity index is 1.73. The summed E-state index contributed by atoms with van der Waals surface area (Å²) < 4.78 is 0. The number of hydrogen-bond acceptors (Lipinski definition) is 2. The van der Waals surface area contributed by atoms with Crippen LogP contribution in [0.2, 0.25) is 0 Å². The predicted molar refractivity (Wildman–Crippen MR) is 108 cm³/mol. The van der Waals surface area contributed by atoms with Gasteiger partial charge in [0.15, 0.2) is 0 Å². The van der Waals surface area contributed by atoms with Crippen molar-refractivity contribution in [1.29, 1.82) is 0 Å². The largest absolute Gasteiger partial charge is 0.508 e. The van der Waals surface area contributed by atoms with E-state index in [1.54, 1.807) is 0 Å². The van der Waals surface area contributed by atoms with Crippen molar-refractivity contribution < 1.29 is 10.2 Å². The number of benzene rings is 2. The Morgan fingerprint density at radius 1 is 0.889 bits per heavy atom. The molecule has 0 saturated heterocycles. The fourth-order valence-electron chi connectivity index (χ4n) is 7.50. The van der Waals surface area contributed by atoms with Crippen molar-refractivity contribution >= 4 is 0 Å². The van der Waals surface area contributed by atoms with Gasteiger partial charge >= 0.3 is 0 Å².